The third-order valence-electron chi connectivity index (χ3n) is 4.35. The molecule has 0 saturated heterocycles. The summed E-state index contributed by atoms with van der Waals surface area (Å²) in [5.41, 5.74) is 2.60. The van der Waals surface area contributed by atoms with Gasteiger partial charge in [0.05, 0.1) is 0 Å². The van der Waals surface area contributed by atoms with E-state index in [9.17, 15) is 10.2 Å². The molecule has 2 unspecified atom stereocenters. The van der Waals surface area contributed by atoms with Crippen LogP contribution in [0.1, 0.15) is 32.1 Å². The van der Waals surface area contributed by atoms with Crippen molar-refractivity contribution in [2.75, 3.05) is 13.6 Å². The van der Waals surface area contributed by atoms with Gasteiger partial charge in [-0.15, -0.1) is 0 Å². The van der Waals surface area contributed by atoms with Gasteiger partial charge in [-0.3, -0.25) is 5.73 Å². The molecule has 2 aliphatic carbocycles. The number of aliphatic hydroxyl groups is 2. The van der Waals surface area contributed by atoms with E-state index in [-0.39, 0.29) is 0 Å². The maximum Gasteiger partial charge on any atom is 0.180 e. The first-order valence-electron chi connectivity index (χ1n) is 6.96. The van der Waals surface area contributed by atoms with Gasteiger partial charge in [0.15, 0.2) is 5.72 Å². The second kappa shape index (κ2) is 6.18. The van der Waals surface area contributed by atoms with E-state index >= 15 is 0 Å². The van der Waals surface area contributed by atoms with Crippen molar-refractivity contribution in [3.63, 3.8) is 0 Å². The van der Waals surface area contributed by atoms with E-state index in [0.717, 1.165) is 12.8 Å². The van der Waals surface area contributed by atoms with Crippen molar-refractivity contribution >= 4 is 31.9 Å². The van der Waals surface area contributed by atoms with Crippen molar-refractivity contribution in [3.05, 3.63) is 21.1 Å². The molecule has 0 spiro atoms. The molecule has 0 aromatic heterocycles. The highest BCUT2D eigenvalue weighted by Crippen LogP contribution is 2.38. The molecule has 0 aromatic rings. The van der Waals surface area contributed by atoms with Gasteiger partial charge >= 0.3 is 0 Å². The lowest BCUT2D eigenvalue weighted by atomic mass is 9.85. The lowest BCUT2D eigenvalue weighted by Crippen LogP contribution is -2.65. The van der Waals surface area contributed by atoms with Gasteiger partial charge in [0, 0.05) is 21.6 Å². The number of hydrogen-bond acceptors (Lipinski definition) is 4. The molecule has 2 aliphatic rings. The van der Waals surface area contributed by atoms with Crippen LogP contribution in [0, 0.1) is 0 Å². The van der Waals surface area contributed by atoms with Crippen LogP contribution in [0.15, 0.2) is 21.1 Å². The molecule has 0 bridgehead atoms. The van der Waals surface area contributed by atoms with E-state index in [1.54, 1.807) is 12.2 Å². The Labute approximate surface area is 137 Å². The van der Waals surface area contributed by atoms with Crippen LogP contribution in [0.4, 0.5) is 0 Å². The van der Waals surface area contributed by atoms with Crippen LogP contribution < -0.4 is 5.73 Å². The van der Waals surface area contributed by atoms with Crippen LogP contribution in [0.5, 0.6) is 0 Å². The highest BCUT2D eigenvalue weighted by molar-refractivity contribution is 9.12. The minimum atomic E-state index is -1.81. The molecule has 0 aliphatic heterocycles. The number of allylic oxidation sites excluding steroid dienone is 2. The maximum atomic E-state index is 10.8. The Balaban J connectivity index is 2.15. The van der Waals surface area contributed by atoms with E-state index < -0.39 is 11.3 Å². The lowest BCUT2D eigenvalue weighted by molar-refractivity contribution is -0.108. The summed E-state index contributed by atoms with van der Waals surface area (Å²) in [5.74, 6) is 0. The molecule has 4 N–H and O–H groups in total. The molecular formula is C14H22Br2N2O2. The van der Waals surface area contributed by atoms with E-state index in [1.165, 1.54) is 19.3 Å². The normalized spacial score (nSPS) is 36.0. The van der Waals surface area contributed by atoms with Crippen LogP contribution in [-0.2, 0) is 0 Å². The standard InChI is InChI=1S/C14H22Br2N2O2/c1-18(11-5-3-2-4-6-11)9-13(19)8-10(15)7-12(16)14(13,17)20/h7-8,11,19-20H,2-6,9,17H2,1H3. The zero-order valence-electron chi connectivity index (χ0n) is 11.6. The molecule has 4 nitrogen and oxygen atoms in total. The molecular weight excluding hydrogens is 388 g/mol. The van der Waals surface area contributed by atoms with Crippen molar-refractivity contribution in [3.8, 4) is 0 Å². The molecule has 0 amide bonds. The quantitative estimate of drug-likeness (QED) is 0.625. The van der Waals surface area contributed by atoms with Gasteiger partial charge in [-0.2, -0.15) is 0 Å². The average Bonchev–Trinajstić information content (AvgIpc) is 2.37. The van der Waals surface area contributed by atoms with Gasteiger partial charge in [-0.25, -0.2) is 0 Å². The fourth-order valence-electron chi connectivity index (χ4n) is 3.01. The molecule has 2 atom stereocenters. The minimum absolute atomic E-state index is 0.294. The van der Waals surface area contributed by atoms with Crippen molar-refractivity contribution in [2.45, 2.75) is 49.5 Å². The Kier molecular flexibility index (Phi) is 5.15. The maximum absolute atomic E-state index is 10.8. The highest BCUT2D eigenvalue weighted by atomic mass is 79.9. The molecule has 0 radical (unpaired) electrons. The number of likely N-dealkylation sites (N-methyl/N-ethyl adjacent to an activating group) is 1. The number of hydrogen-bond donors (Lipinski definition) is 3. The largest absolute Gasteiger partial charge is 0.379 e. The van der Waals surface area contributed by atoms with Crippen LogP contribution in [-0.4, -0.2) is 46.1 Å². The van der Waals surface area contributed by atoms with Crippen LogP contribution >= 0.6 is 31.9 Å². The van der Waals surface area contributed by atoms with E-state index in [4.69, 9.17) is 5.73 Å². The van der Waals surface area contributed by atoms with Crippen molar-refractivity contribution in [1.29, 1.82) is 0 Å². The fourth-order valence-corrected chi connectivity index (χ4v) is 4.52. The van der Waals surface area contributed by atoms with Gasteiger partial charge in [-0.1, -0.05) is 51.1 Å². The second-order valence-electron chi connectivity index (χ2n) is 5.92. The molecule has 20 heavy (non-hydrogen) atoms. The summed E-state index contributed by atoms with van der Waals surface area (Å²) in [7, 11) is 1.98. The zero-order chi connectivity index (χ0) is 15.0. The topological polar surface area (TPSA) is 69.7 Å². The first kappa shape index (κ1) is 16.6. The SMILES string of the molecule is CN(CC1(O)C=C(Br)C=C(Br)C1(N)O)C1CCCCC1. The Hall–Kier alpha value is 0.280. The van der Waals surface area contributed by atoms with Gasteiger partial charge in [0.2, 0.25) is 0 Å². The Morgan fingerprint density at radius 1 is 1.30 bits per heavy atom. The van der Waals surface area contributed by atoms with Crippen molar-refractivity contribution in [2.24, 2.45) is 5.73 Å². The number of nitrogens with zero attached hydrogens (tertiary/aromatic N) is 1. The van der Waals surface area contributed by atoms with Crippen molar-refractivity contribution < 1.29 is 10.2 Å². The van der Waals surface area contributed by atoms with Gasteiger partial charge in [0.25, 0.3) is 0 Å². The molecule has 114 valence electrons. The summed E-state index contributed by atoms with van der Waals surface area (Å²) >= 11 is 6.60. The third-order valence-corrected chi connectivity index (χ3v) is 5.65. The summed E-state index contributed by atoms with van der Waals surface area (Å²) < 4.78 is 1.08. The van der Waals surface area contributed by atoms with Gasteiger partial charge in [-0.05, 0) is 32.0 Å². The Bertz CT molecular complexity index is 431. The van der Waals surface area contributed by atoms with E-state index in [2.05, 4.69) is 36.8 Å². The first-order valence-corrected chi connectivity index (χ1v) is 8.55. The predicted octanol–water partition coefficient (Wildman–Crippen LogP) is 2.20. The van der Waals surface area contributed by atoms with Crippen molar-refractivity contribution in [1.82, 2.24) is 4.90 Å². The van der Waals surface area contributed by atoms with Crippen LogP contribution in [0.2, 0.25) is 0 Å². The van der Waals surface area contributed by atoms with E-state index in [0.29, 0.717) is 21.6 Å². The average molecular weight is 410 g/mol. The molecule has 6 heteroatoms. The van der Waals surface area contributed by atoms with Gasteiger partial charge < -0.3 is 15.1 Å². The predicted molar refractivity (Wildman–Crippen MR) is 87.6 cm³/mol. The Morgan fingerprint density at radius 3 is 2.50 bits per heavy atom. The molecule has 0 aromatic carbocycles. The summed E-state index contributed by atoms with van der Waals surface area (Å²) in [5, 5.41) is 21.3. The Morgan fingerprint density at radius 2 is 1.90 bits per heavy atom. The third kappa shape index (κ3) is 3.20. The molecule has 0 heterocycles. The molecule has 1 fully saturated rings. The smallest absolute Gasteiger partial charge is 0.180 e. The fraction of sp³-hybridized carbons (Fsp3) is 0.714. The van der Waals surface area contributed by atoms with Crippen LogP contribution in [0.25, 0.3) is 0 Å². The summed E-state index contributed by atoms with van der Waals surface area (Å²) in [6, 6.07) is 0.445. The zero-order valence-corrected chi connectivity index (χ0v) is 14.8. The first-order chi connectivity index (χ1) is 9.26. The molecule has 2 rings (SSSR count). The van der Waals surface area contributed by atoms with E-state index in [1.807, 2.05) is 7.05 Å². The van der Waals surface area contributed by atoms with Crippen LogP contribution in [0.3, 0.4) is 0 Å². The highest BCUT2D eigenvalue weighted by Gasteiger charge is 2.50. The number of rotatable bonds is 3. The summed E-state index contributed by atoms with van der Waals surface area (Å²) in [4.78, 5) is 2.11. The summed E-state index contributed by atoms with van der Waals surface area (Å²) in [6.45, 7) is 0.294. The molecule has 1 saturated carbocycles. The second-order valence-corrected chi connectivity index (χ2v) is 7.69. The lowest BCUT2D eigenvalue weighted by Gasteiger charge is -2.45. The number of halogens is 2. The monoisotopic (exact) mass is 408 g/mol. The number of nitrogens with two attached hydrogens (primary N) is 1. The minimum Gasteiger partial charge on any atom is -0.379 e. The summed E-state index contributed by atoms with van der Waals surface area (Å²) in [6.07, 6.45) is 9.25. The van der Waals surface area contributed by atoms with Gasteiger partial charge in [0.1, 0.15) is 5.60 Å².